The summed E-state index contributed by atoms with van der Waals surface area (Å²) in [5.74, 6) is 0.0189. The molecule has 0 bridgehead atoms. The first-order valence-corrected chi connectivity index (χ1v) is 4.21. The summed E-state index contributed by atoms with van der Waals surface area (Å²) in [4.78, 5) is 28.2. The van der Waals surface area contributed by atoms with E-state index >= 15 is 0 Å². The number of carbonyl (C=O) groups is 1. The highest BCUT2D eigenvalue weighted by atomic mass is 32.1. The van der Waals surface area contributed by atoms with Crippen molar-refractivity contribution in [1.82, 2.24) is 9.97 Å². The highest BCUT2D eigenvalue weighted by Crippen LogP contribution is 2.20. The van der Waals surface area contributed by atoms with Gasteiger partial charge in [0.15, 0.2) is 5.78 Å². The van der Waals surface area contributed by atoms with E-state index in [1.165, 1.54) is 18.3 Å². The second-order valence-corrected chi connectivity index (χ2v) is 3.54. The number of hydrogen-bond acceptors (Lipinski definition) is 3. The van der Waals surface area contributed by atoms with Crippen LogP contribution in [0.4, 0.5) is 0 Å². The maximum absolute atomic E-state index is 10.9. The zero-order chi connectivity index (χ0) is 8.72. The Bertz CT molecular complexity index is 456. The Morgan fingerprint density at radius 2 is 2.25 bits per heavy atom. The summed E-state index contributed by atoms with van der Waals surface area (Å²) < 4.78 is 0. The van der Waals surface area contributed by atoms with Gasteiger partial charge in [-0.3, -0.25) is 9.78 Å². The van der Waals surface area contributed by atoms with E-state index in [0.29, 0.717) is 10.4 Å². The van der Waals surface area contributed by atoms with Crippen molar-refractivity contribution in [3.63, 3.8) is 0 Å². The minimum atomic E-state index is -0.230. The molecule has 0 amide bonds. The van der Waals surface area contributed by atoms with Gasteiger partial charge in [0.05, 0.1) is 10.4 Å². The molecule has 0 atom stereocenters. The Morgan fingerprint density at radius 3 is 2.83 bits per heavy atom. The maximum atomic E-state index is 10.9. The Kier molecular flexibility index (Phi) is 1.41. The first-order chi connectivity index (χ1) is 5.66. The Hall–Kier alpha value is -1.36. The van der Waals surface area contributed by atoms with Gasteiger partial charge in [-0.2, -0.15) is 0 Å². The van der Waals surface area contributed by atoms with Gasteiger partial charge < -0.3 is 4.98 Å². The first kappa shape index (κ1) is 7.30. The van der Waals surface area contributed by atoms with Crippen LogP contribution in [0.3, 0.4) is 0 Å². The van der Waals surface area contributed by atoms with Crippen molar-refractivity contribution in [1.29, 1.82) is 0 Å². The third kappa shape index (κ3) is 0.984. The van der Waals surface area contributed by atoms with Crippen molar-refractivity contribution in [2.24, 2.45) is 0 Å². The van der Waals surface area contributed by atoms with Crippen LogP contribution in [0, 0.1) is 0 Å². The summed E-state index contributed by atoms with van der Waals surface area (Å²) in [6.45, 7) is 1.50. The summed E-state index contributed by atoms with van der Waals surface area (Å²) in [5.41, 5.74) is 0.474. The number of carbonyl (C=O) groups excluding carboxylic acids is 1. The number of rotatable bonds is 1. The van der Waals surface area contributed by atoms with Crippen LogP contribution in [0.1, 0.15) is 16.6 Å². The average molecular weight is 182 g/mol. The SMILES string of the molecule is CC(=O)c1cc2[nH]c(=O)[nH]c2s1. The Balaban J connectivity index is 2.72. The molecule has 0 aliphatic heterocycles. The molecule has 62 valence electrons. The van der Waals surface area contributed by atoms with Gasteiger partial charge in [-0.15, -0.1) is 11.3 Å². The van der Waals surface area contributed by atoms with Crippen molar-refractivity contribution in [3.8, 4) is 0 Å². The summed E-state index contributed by atoms with van der Waals surface area (Å²) in [6, 6.07) is 1.68. The number of nitrogens with one attached hydrogen (secondary N) is 2. The van der Waals surface area contributed by atoms with E-state index in [9.17, 15) is 9.59 Å². The van der Waals surface area contributed by atoms with Gasteiger partial charge in [-0.1, -0.05) is 0 Å². The van der Waals surface area contributed by atoms with Crippen LogP contribution in [0.5, 0.6) is 0 Å². The molecule has 2 N–H and O–H groups in total. The molecule has 0 aliphatic rings. The second kappa shape index (κ2) is 2.31. The number of hydrogen-bond donors (Lipinski definition) is 2. The molecule has 4 nitrogen and oxygen atoms in total. The standard InChI is InChI=1S/C7H6N2O2S/c1-3(10)5-2-4-6(12-5)9-7(11)8-4/h2H,1H3,(H2,8,9,11). The number of Topliss-reactive ketones (excluding diaryl/α,β-unsaturated/α-hetero) is 1. The highest BCUT2D eigenvalue weighted by molar-refractivity contribution is 7.20. The molecule has 0 unspecified atom stereocenters. The number of aromatic nitrogens is 2. The molecule has 0 saturated heterocycles. The van der Waals surface area contributed by atoms with Gasteiger partial charge in [-0.05, 0) is 13.0 Å². The monoisotopic (exact) mass is 182 g/mol. The number of fused-ring (bicyclic) bond motifs is 1. The molecule has 0 spiro atoms. The third-order valence-corrected chi connectivity index (χ3v) is 2.71. The van der Waals surface area contributed by atoms with E-state index < -0.39 is 0 Å². The summed E-state index contributed by atoms with van der Waals surface area (Å²) in [5, 5.41) is 0. The van der Waals surface area contributed by atoms with Crippen molar-refractivity contribution >= 4 is 27.5 Å². The predicted octanol–water partition coefficient (Wildman–Crippen LogP) is 1.12. The van der Waals surface area contributed by atoms with E-state index in [2.05, 4.69) is 9.97 Å². The van der Waals surface area contributed by atoms with Crippen LogP contribution in [0.25, 0.3) is 10.3 Å². The lowest BCUT2D eigenvalue weighted by Gasteiger charge is -1.81. The highest BCUT2D eigenvalue weighted by Gasteiger charge is 2.07. The molecule has 0 saturated carbocycles. The fraction of sp³-hybridized carbons (Fsp3) is 0.143. The molecule has 0 fully saturated rings. The van der Waals surface area contributed by atoms with Crippen LogP contribution < -0.4 is 5.69 Å². The lowest BCUT2D eigenvalue weighted by Crippen LogP contribution is -1.99. The number of thiophene rings is 1. The van der Waals surface area contributed by atoms with Crippen LogP contribution in [0.15, 0.2) is 10.9 Å². The number of aromatic amines is 2. The molecule has 2 rings (SSSR count). The Labute approximate surface area is 71.2 Å². The number of imidazole rings is 1. The molecule has 2 heterocycles. The van der Waals surface area contributed by atoms with Crippen molar-refractivity contribution in [2.75, 3.05) is 0 Å². The number of H-pyrrole nitrogens is 2. The molecule has 2 aromatic rings. The van der Waals surface area contributed by atoms with Gasteiger partial charge in [-0.25, -0.2) is 4.79 Å². The molecule has 2 aromatic heterocycles. The first-order valence-electron chi connectivity index (χ1n) is 3.39. The van der Waals surface area contributed by atoms with E-state index in [-0.39, 0.29) is 11.5 Å². The van der Waals surface area contributed by atoms with Gasteiger partial charge in [0.25, 0.3) is 0 Å². The second-order valence-electron chi connectivity index (χ2n) is 2.49. The van der Waals surface area contributed by atoms with Gasteiger partial charge in [0.1, 0.15) is 4.83 Å². The zero-order valence-electron chi connectivity index (χ0n) is 6.30. The smallest absolute Gasteiger partial charge is 0.305 e. The van der Waals surface area contributed by atoms with Crippen molar-refractivity contribution in [3.05, 3.63) is 21.4 Å². The fourth-order valence-corrected chi connectivity index (χ4v) is 1.91. The Morgan fingerprint density at radius 1 is 1.50 bits per heavy atom. The molecular formula is C7H6N2O2S. The lowest BCUT2D eigenvalue weighted by atomic mass is 10.3. The van der Waals surface area contributed by atoms with Crippen LogP contribution in [0.2, 0.25) is 0 Å². The molecule has 5 heteroatoms. The van der Waals surface area contributed by atoms with Crippen LogP contribution in [-0.2, 0) is 0 Å². The summed E-state index contributed by atoms with van der Waals surface area (Å²) >= 11 is 1.29. The van der Waals surface area contributed by atoms with Crippen LogP contribution in [-0.4, -0.2) is 15.8 Å². The predicted molar refractivity (Wildman–Crippen MR) is 46.8 cm³/mol. The fourth-order valence-electron chi connectivity index (χ4n) is 1.01. The van der Waals surface area contributed by atoms with E-state index in [1.807, 2.05) is 0 Å². The summed E-state index contributed by atoms with van der Waals surface area (Å²) in [6.07, 6.45) is 0. The van der Waals surface area contributed by atoms with Gasteiger partial charge in [0, 0.05) is 0 Å². The quantitative estimate of drug-likeness (QED) is 0.649. The third-order valence-electron chi connectivity index (χ3n) is 1.55. The summed E-state index contributed by atoms with van der Waals surface area (Å²) in [7, 11) is 0. The number of ketones is 1. The average Bonchev–Trinajstić information content (AvgIpc) is 2.42. The molecular weight excluding hydrogens is 176 g/mol. The van der Waals surface area contributed by atoms with Gasteiger partial charge >= 0.3 is 5.69 Å². The normalized spacial score (nSPS) is 10.8. The zero-order valence-corrected chi connectivity index (χ0v) is 7.12. The van der Waals surface area contributed by atoms with Crippen molar-refractivity contribution < 1.29 is 4.79 Å². The van der Waals surface area contributed by atoms with Crippen LogP contribution >= 0.6 is 11.3 Å². The minimum Gasteiger partial charge on any atom is -0.305 e. The lowest BCUT2D eigenvalue weighted by molar-refractivity contribution is 0.102. The molecule has 0 radical (unpaired) electrons. The largest absolute Gasteiger partial charge is 0.324 e. The van der Waals surface area contributed by atoms with E-state index in [0.717, 1.165) is 4.83 Å². The van der Waals surface area contributed by atoms with Gasteiger partial charge in [0.2, 0.25) is 0 Å². The van der Waals surface area contributed by atoms with Crippen molar-refractivity contribution in [2.45, 2.75) is 6.92 Å². The minimum absolute atomic E-state index is 0.0189. The topological polar surface area (TPSA) is 65.7 Å². The molecule has 12 heavy (non-hydrogen) atoms. The molecule has 0 aliphatic carbocycles. The van der Waals surface area contributed by atoms with E-state index in [4.69, 9.17) is 0 Å². The maximum Gasteiger partial charge on any atom is 0.324 e. The molecule has 0 aromatic carbocycles. The van der Waals surface area contributed by atoms with E-state index in [1.54, 1.807) is 6.07 Å².